The highest BCUT2D eigenvalue weighted by molar-refractivity contribution is 5.78. The third-order valence-electron chi connectivity index (χ3n) is 3.92. The first-order valence-corrected chi connectivity index (χ1v) is 7.26. The van der Waals surface area contributed by atoms with Crippen molar-refractivity contribution in [2.45, 2.75) is 26.8 Å². The average Bonchev–Trinajstić information content (AvgIpc) is 2.81. The van der Waals surface area contributed by atoms with E-state index in [0.717, 1.165) is 12.1 Å². The maximum atomic E-state index is 13.6. The van der Waals surface area contributed by atoms with Crippen LogP contribution in [0.5, 0.6) is 0 Å². The summed E-state index contributed by atoms with van der Waals surface area (Å²) in [5, 5.41) is 0. The zero-order chi connectivity index (χ0) is 15.4. The summed E-state index contributed by atoms with van der Waals surface area (Å²) in [6.07, 6.45) is 0.610. The van der Waals surface area contributed by atoms with E-state index in [4.69, 9.17) is 5.73 Å². The summed E-state index contributed by atoms with van der Waals surface area (Å²) in [4.78, 5) is 13.9. The number of carbonyl (C=O) groups excluding carboxylic acids is 1. The van der Waals surface area contributed by atoms with Gasteiger partial charge in [0.2, 0.25) is 5.91 Å². The maximum absolute atomic E-state index is 13.6. The minimum absolute atomic E-state index is 0.174. The van der Waals surface area contributed by atoms with Crippen LogP contribution in [0.2, 0.25) is 0 Å². The van der Waals surface area contributed by atoms with Gasteiger partial charge in [-0.15, -0.1) is 0 Å². The second kappa shape index (κ2) is 6.73. The van der Waals surface area contributed by atoms with Crippen LogP contribution in [0.25, 0.3) is 0 Å². The molecule has 0 spiro atoms. The Balaban J connectivity index is 2.11. The topological polar surface area (TPSA) is 46.3 Å². The van der Waals surface area contributed by atoms with Gasteiger partial charge in [0.05, 0.1) is 12.1 Å². The van der Waals surface area contributed by atoms with Crippen LogP contribution in [-0.4, -0.2) is 23.9 Å². The molecule has 0 saturated carbocycles. The number of halogens is 1. The lowest BCUT2D eigenvalue weighted by atomic mass is 9.95. The van der Waals surface area contributed by atoms with Gasteiger partial charge in [0, 0.05) is 19.5 Å². The first kappa shape index (κ1) is 15.5. The largest absolute Gasteiger partial charge is 0.338 e. The van der Waals surface area contributed by atoms with Gasteiger partial charge in [-0.25, -0.2) is 4.39 Å². The van der Waals surface area contributed by atoms with E-state index in [1.807, 2.05) is 4.90 Å². The highest BCUT2D eigenvalue weighted by Gasteiger charge is 2.31. The van der Waals surface area contributed by atoms with E-state index in [9.17, 15) is 9.18 Å². The van der Waals surface area contributed by atoms with Crippen LogP contribution in [-0.2, 0) is 11.3 Å². The molecule has 0 bridgehead atoms. The number of nitrogens with zero attached hydrogens (tertiary/aromatic N) is 1. The van der Waals surface area contributed by atoms with Crippen LogP contribution < -0.4 is 5.73 Å². The van der Waals surface area contributed by atoms with Crippen molar-refractivity contribution in [3.63, 3.8) is 0 Å². The van der Waals surface area contributed by atoms with E-state index in [-0.39, 0.29) is 18.3 Å². The molecule has 112 valence electrons. The standard InChI is InChI=1S/C17H21FN2O/c1-12(2)15-9-17(21)20(11-15)10-13-5-6-16(18)14(8-13)4-3-7-19/h5-6,8,12,15H,7,9-11,19H2,1-2H3. The predicted octanol–water partition coefficient (Wildman–Crippen LogP) is 2.14. The number of amides is 1. The molecule has 2 N–H and O–H groups in total. The Morgan fingerprint density at radius 3 is 2.86 bits per heavy atom. The third-order valence-corrected chi connectivity index (χ3v) is 3.92. The predicted molar refractivity (Wildman–Crippen MR) is 80.7 cm³/mol. The highest BCUT2D eigenvalue weighted by Crippen LogP contribution is 2.26. The zero-order valence-electron chi connectivity index (χ0n) is 12.5. The molecular formula is C17H21FN2O. The molecule has 1 aromatic rings. The number of rotatable bonds is 3. The molecule has 21 heavy (non-hydrogen) atoms. The molecule has 1 fully saturated rings. The molecule has 0 radical (unpaired) electrons. The normalized spacial score (nSPS) is 18.0. The molecule has 3 nitrogen and oxygen atoms in total. The summed E-state index contributed by atoms with van der Waals surface area (Å²) in [5.74, 6) is 6.11. The molecule has 0 aliphatic carbocycles. The fourth-order valence-electron chi connectivity index (χ4n) is 2.54. The first-order valence-electron chi connectivity index (χ1n) is 7.26. The van der Waals surface area contributed by atoms with Crippen LogP contribution in [0, 0.1) is 29.5 Å². The van der Waals surface area contributed by atoms with Gasteiger partial charge >= 0.3 is 0 Å². The molecule has 4 heteroatoms. The lowest BCUT2D eigenvalue weighted by Gasteiger charge is -2.18. The Morgan fingerprint density at radius 1 is 1.48 bits per heavy atom. The molecule has 1 aliphatic rings. The Bertz CT molecular complexity index is 586. The second-order valence-electron chi connectivity index (χ2n) is 5.80. The van der Waals surface area contributed by atoms with E-state index in [0.29, 0.717) is 30.4 Å². The molecule has 1 unspecified atom stereocenters. The summed E-state index contributed by atoms with van der Waals surface area (Å²) in [7, 11) is 0. The molecule has 0 aromatic heterocycles. The average molecular weight is 288 g/mol. The third kappa shape index (κ3) is 3.83. The van der Waals surface area contributed by atoms with Crippen molar-refractivity contribution >= 4 is 5.91 Å². The van der Waals surface area contributed by atoms with Crippen LogP contribution in [0.4, 0.5) is 4.39 Å². The number of likely N-dealkylation sites (tertiary alicyclic amines) is 1. The highest BCUT2D eigenvalue weighted by atomic mass is 19.1. The Labute approximate surface area is 125 Å². The van der Waals surface area contributed by atoms with E-state index >= 15 is 0 Å². The Kier molecular flexibility index (Phi) is 4.98. The van der Waals surface area contributed by atoms with Crippen LogP contribution in [0.15, 0.2) is 18.2 Å². The summed E-state index contributed by atoms with van der Waals surface area (Å²) in [5.41, 5.74) is 6.55. The lowest BCUT2D eigenvalue weighted by Crippen LogP contribution is -2.25. The number of carbonyl (C=O) groups is 1. The van der Waals surface area contributed by atoms with Gasteiger partial charge in [0.1, 0.15) is 5.82 Å². The van der Waals surface area contributed by atoms with Crippen molar-refractivity contribution in [1.82, 2.24) is 4.90 Å². The molecular weight excluding hydrogens is 267 g/mol. The molecule has 1 amide bonds. The summed E-state index contributed by atoms with van der Waals surface area (Å²) < 4.78 is 13.6. The number of benzene rings is 1. The number of hydrogen-bond acceptors (Lipinski definition) is 2. The molecule has 1 atom stereocenters. The quantitative estimate of drug-likeness (QED) is 0.866. The van der Waals surface area contributed by atoms with Gasteiger partial charge in [-0.05, 0) is 29.5 Å². The Morgan fingerprint density at radius 2 is 2.24 bits per heavy atom. The van der Waals surface area contributed by atoms with Crippen molar-refractivity contribution in [3.8, 4) is 11.8 Å². The van der Waals surface area contributed by atoms with Crippen LogP contribution >= 0.6 is 0 Å². The van der Waals surface area contributed by atoms with Crippen molar-refractivity contribution in [2.75, 3.05) is 13.1 Å². The fraction of sp³-hybridized carbons (Fsp3) is 0.471. The molecule has 2 rings (SSSR count). The monoisotopic (exact) mass is 288 g/mol. The molecule has 1 saturated heterocycles. The zero-order valence-corrected chi connectivity index (χ0v) is 12.5. The fourth-order valence-corrected chi connectivity index (χ4v) is 2.54. The number of hydrogen-bond donors (Lipinski definition) is 1. The van der Waals surface area contributed by atoms with Gasteiger partial charge in [-0.3, -0.25) is 4.79 Å². The van der Waals surface area contributed by atoms with E-state index in [1.165, 1.54) is 6.07 Å². The number of nitrogens with two attached hydrogens (primary N) is 1. The van der Waals surface area contributed by atoms with Crippen LogP contribution in [0.3, 0.4) is 0 Å². The lowest BCUT2D eigenvalue weighted by molar-refractivity contribution is -0.128. The van der Waals surface area contributed by atoms with Crippen molar-refractivity contribution in [1.29, 1.82) is 0 Å². The van der Waals surface area contributed by atoms with E-state index in [2.05, 4.69) is 25.7 Å². The summed E-state index contributed by atoms with van der Waals surface area (Å²) in [6.45, 7) is 5.77. The molecule has 1 aliphatic heterocycles. The van der Waals surface area contributed by atoms with Crippen LogP contribution in [0.1, 0.15) is 31.4 Å². The van der Waals surface area contributed by atoms with Gasteiger partial charge < -0.3 is 10.6 Å². The van der Waals surface area contributed by atoms with Crippen molar-refractivity contribution in [2.24, 2.45) is 17.6 Å². The minimum Gasteiger partial charge on any atom is -0.338 e. The van der Waals surface area contributed by atoms with Gasteiger partial charge in [0.25, 0.3) is 0 Å². The van der Waals surface area contributed by atoms with Crippen molar-refractivity contribution in [3.05, 3.63) is 35.1 Å². The van der Waals surface area contributed by atoms with E-state index < -0.39 is 0 Å². The summed E-state index contributed by atoms with van der Waals surface area (Å²) in [6, 6.07) is 4.81. The summed E-state index contributed by atoms with van der Waals surface area (Å²) >= 11 is 0. The van der Waals surface area contributed by atoms with Gasteiger partial charge in [-0.1, -0.05) is 31.8 Å². The maximum Gasteiger partial charge on any atom is 0.223 e. The molecule has 1 aromatic carbocycles. The Hall–Kier alpha value is -1.86. The minimum atomic E-state index is -0.354. The smallest absolute Gasteiger partial charge is 0.223 e. The van der Waals surface area contributed by atoms with Gasteiger partial charge in [-0.2, -0.15) is 0 Å². The second-order valence-corrected chi connectivity index (χ2v) is 5.80. The van der Waals surface area contributed by atoms with Crippen molar-refractivity contribution < 1.29 is 9.18 Å². The SMILES string of the molecule is CC(C)C1CC(=O)N(Cc2ccc(F)c(C#CCN)c2)C1. The van der Waals surface area contributed by atoms with Gasteiger partial charge in [0.15, 0.2) is 0 Å². The molecule has 1 heterocycles. The van der Waals surface area contributed by atoms with E-state index in [1.54, 1.807) is 12.1 Å². The first-order chi connectivity index (χ1) is 10.0.